The van der Waals surface area contributed by atoms with Crippen LogP contribution in [0.5, 0.6) is 0 Å². The molecule has 1 aliphatic heterocycles. The summed E-state index contributed by atoms with van der Waals surface area (Å²) in [7, 11) is 0. The number of amides is 1. The SMILES string of the molecule is O=C(Nc1cc(Br)ccc1Br)C1CCN(c2ccccc2[N+](=O)[O-])CC1. The maximum absolute atomic E-state index is 12.6. The van der Waals surface area contributed by atoms with E-state index < -0.39 is 0 Å². The van der Waals surface area contributed by atoms with Gasteiger partial charge in [-0.05, 0) is 53.0 Å². The van der Waals surface area contributed by atoms with Crippen LogP contribution in [0.15, 0.2) is 51.4 Å². The largest absolute Gasteiger partial charge is 0.366 e. The van der Waals surface area contributed by atoms with Gasteiger partial charge in [-0.15, -0.1) is 0 Å². The van der Waals surface area contributed by atoms with Crippen molar-refractivity contribution < 1.29 is 9.72 Å². The van der Waals surface area contributed by atoms with Crippen LogP contribution < -0.4 is 10.2 Å². The van der Waals surface area contributed by atoms with Gasteiger partial charge < -0.3 is 10.2 Å². The molecule has 2 aromatic carbocycles. The minimum absolute atomic E-state index is 0.0222. The number of nitrogens with one attached hydrogen (secondary N) is 1. The predicted octanol–water partition coefficient (Wildman–Crippen LogP) is 4.97. The van der Waals surface area contributed by atoms with E-state index in [9.17, 15) is 14.9 Å². The van der Waals surface area contributed by atoms with Gasteiger partial charge in [-0.1, -0.05) is 28.1 Å². The fourth-order valence-electron chi connectivity index (χ4n) is 3.10. The Kier molecular flexibility index (Phi) is 5.93. The van der Waals surface area contributed by atoms with Crippen molar-refractivity contribution in [3.8, 4) is 0 Å². The normalized spacial score (nSPS) is 14.9. The van der Waals surface area contributed by atoms with E-state index in [4.69, 9.17) is 0 Å². The second-order valence-electron chi connectivity index (χ2n) is 6.12. The van der Waals surface area contributed by atoms with E-state index in [1.807, 2.05) is 23.1 Å². The molecule has 1 fully saturated rings. The first-order valence-electron chi connectivity index (χ1n) is 8.20. The molecule has 1 aliphatic rings. The maximum atomic E-state index is 12.6. The number of nitro groups is 1. The second kappa shape index (κ2) is 8.18. The molecular formula is C18H17Br2N3O3. The zero-order chi connectivity index (χ0) is 18.7. The van der Waals surface area contributed by atoms with Crippen LogP contribution in [0.2, 0.25) is 0 Å². The van der Waals surface area contributed by atoms with Crippen molar-refractivity contribution in [1.29, 1.82) is 0 Å². The van der Waals surface area contributed by atoms with Gasteiger partial charge in [0.15, 0.2) is 0 Å². The van der Waals surface area contributed by atoms with Crippen LogP contribution in [0.25, 0.3) is 0 Å². The number of piperidine rings is 1. The van der Waals surface area contributed by atoms with Gasteiger partial charge in [0, 0.05) is 34.0 Å². The van der Waals surface area contributed by atoms with E-state index in [0.29, 0.717) is 31.6 Å². The van der Waals surface area contributed by atoms with Crippen molar-refractivity contribution in [2.75, 3.05) is 23.3 Å². The van der Waals surface area contributed by atoms with Gasteiger partial charge in [0.2, 0.25) is 5.91 Å². The molecule has 26 heavy (non-hydrogen) atoms. The number of anilines is 2. The Balaban J connectivity index is 1.64. The van der Waals surface area contributed by atoms with Gasteiger partial charge in [0.1, 0.15) is 5.69 Å². The maximum Gasteiger partial charge on any atom is 0.292 e. The number of hydrogen-bond acceptors (Lipinski definition) is 4. The van der Waals surface area contributed by atoms with Gasteiger partial charge in [0.05, 0.1) is 10.6 Å². The minimum atomic E-state index is -0.362. The molecule has 6 nitrogen and oxygen atoms in total. The number of rotatable bonds is 4. The van der Waals surface area contributed by atoms with E-state index in [1.54, 1.807) is 18.2 Å². The summed E-state index contributed by atoms with van der Waals surface area (Å²) >= 11 is 6.84. The zero-order valence-corrected chi connectivity index (χ0v) is 17.0. The van der Waals surface area contributed by atoms with Crippen molar-refractivity contribution in [3.05, 3.63) is 61.5 Å². The van der Waals surface area contributed by atoms with Gasteiger partial charge in [-0.3, -0.25) is 14.9 Å². The average Bonchev–Trinajstić information content (AvgIpc) is 2.65. The van der Waals surface area contributed by atoms with Crippen LogP contribution in [-0.4, -0.2) is 23.9 Å². The molecule has 0 unspecified atom stereocenters. The number of benzene rings is 2. The summed E-state index contributed by atoms with van der Waals surface area (Å²) in [5.41, 5.74) is 1.45. The van der Waals surface area contributed by atoms with E-state index in [0.717, 1.165) is 14.6 Å². The number of nitro benzene ring substituents is 1. The minimum Gasteiger partial charge on any atom is -0.366 e. The fourth-order valence-corrected chi connectivity index (χ4v) is 3.80. The first-order chi connectivity index (χ1) is 12.5. The lowest BCUT2D eigenvalue weighted by atomic mass is 9.95. The Hall–Kier alpha value is -1.93. The van der Waals surface area contributed by atoms with Crippen LogP contribution in [0, 0.1) is 16.0 Å². The molecule has 1 saturated heterocycles. The molecule has 1 amide bonds. The molecule has 0 spiro atoms. The first kappa shape index (κ1) is 18.8. The van der Waals surface area contributed by atoms with E-state index in [-0.39, 0.29) is 22.4 Å². The van der Waals surface area contributed by atoms with Crippen LogP contribution >= 0.6 is 31.9 Å². The predicted molar refractivity (Wildman–Crippen MR) is 109 cm³/mol. The fraction of sp³-hybridized carbons (Fsp3) is 0.278. The van der Waals surface area contributed by atoms with E-state index in [2.05, 4.69) is 37.2 Å². The molecule has 8 heteroatoms. The summed E-state index contributed by atoms with van der Waals surface area (Å²) < 4.78 is 1.72. The Morgan fingerprint density at radius 3 is 2.54 bits per heavy atom. The molecule has 0 atom stereocenters. The van der Waals surface area contributed by atoms with Crippen LogP contribution in [-0.2, 0) is 4.79 Å². The Bertz CT molecular complexity index is 836. The van der Waals surface area contributed by atoms with Crippen LogP contribution in [0.1, 0.15) is 12.8 Å². The van der Waals surface area contributed by atoms with Crippen LogP contribution in [0.4, 0.5) is 17.1 Å². The summed E-state index contributed by atoms with van der Waals surface area (Å²) in [4.78, 5) is 25.4. The van der Waals surface area contributed by atoms with Crippen molar-refractivity contribution >= 4 is 54.8 Å². The highest BCUT2D eigenvalue weighted by atomic mass is 79.9. The van der Waals surface area contributed by atoms with E-state index in [1.165, 1.54) is 6.07 Å². The lowest BCUT2D eigenvalue weighted by Gasteiger charge is -2.32. The molecule has 0 bridgehead atoms. The third-order valence-corrected chi connectivity index (χ3v) is 5.66. The number of hydrogen-bond donors (Lipinski definition) is 1. The summed E-state index contributed by atoms with van der Waals surface area (Å²) in [6.45, 7) is 1.23. The summed E-state index contributed by atoms with van der Waals surface area (Å²) in [5.74, 6) is -0.133. The first-order valence-corrected chi connectivity index (χ1v) is 9.78. The highest BCUT2D eigenvalue weighted by Gasteiger charge is 2.28. The number of nitrogens with zero attached hydrogens (tertiary/aromatic N) is 2. The third kappa shape index (κ3) is 4.24. The lowest BCUT2D eigenvalue weighted by Crippen LogP contribution is -2.38. The van der Waals surface area contributed by atoms with Crippen molar-refractivity contribution in [2.45, 2.75) is 12.8 Å². The third-order valence-electron chi connectivity index (χ3n) is 4.47. The monoisotopic (exact) mass is 481 g/mol. The van der Waals surface area contributed by atoms with Crippen molar-refractivity contribution in [2.24, 2.45) is 5.92 Å². The number of para-hydroxylation sites is 2. The van der Waals surface area contributed by atoms with Gasteiger partial charge in [-0.2, -0.15) is 0 Å². The quantitative estimate of drug-likeness (QED) is 0.492. The number of carbonyl (C=O) groups excluding carboxylic acids is 1. The Labute approximate surface area is 168 Å². The van der Waals surface area contributed by atoms with Crippen molar-refractivity contribution in [3.63, 3.8) is 0 Å². The standard InChI is InChI=1S/C18H17Br2N3O3/c19-13-5-6-14(20)15(11-13)21-18(24)12-7-9-22(10-8-12)16-3-1-2-4-17(16)23(25)26/h1-6,11-12H,7-10H2,(H,21,24). The van der Waals surface area contributed by atoms with Crippen molar-refractivity contribution in [1.82, 2.24) is 0 Å². The molecule has 1 heterocycles. The molecule has 0 radical (unpaired) electrons. The summed E-state index contributed by atoms with van der Waals surface area (Å²) in [6, 6.07) is 12.4. The smallest absolute Gasteiger partial charge is 0.292 e. The Morgan fingerprint density at radius 1 is 1.15 bits per heavy atom. The molecule has 2 aromatic rings. The lowest BCUT2D eigenvalue weighted by molar-refractivity contribution is -0.384. The van der Waals surface area contributed by atoms with Gasteiger partial charge in [0.25, 0.3) is 5.69 Å². The second-order valence-corrected chi connectivity index (χ2v) is 7.89. The molecule has 3 rings (SSSR count). The van der Waals surface area contributed by atoms with Gasteiger partial charge >= 0.3 is 0 Å². The molecular weight excluding hydrogens is 466 g/mol. The van der Waals surface area contributed by atoms with Crippen LogP contribution in [0.3, 0.4) is 0 Å². The average molecular weight is 483 g/mol. The molecule has 1 N–H and O–H groups in total. The highest BCUT2D eigenvalue weighted by Crippen LogP contribution is 2.32. The molecule has 136 valence electrons. The van der Waals surface area contributed by atoms with E-state index >= 15 is 0 Å². The zero-order valence-electron chi connectivity index (χ0n) is 13.8. The summed E-state index contributed by atoms with van der Waals surface area (Å²) in [6.07, 6.45) is 1.31. The molecule has 0 aromatic heterocycles. The Morgan fingerprint density at radius 2 is 1.85 bits per heavy atom. The molecule has 0 saturated carbocycles. The summed E-state index contributed by atoms with van der Waals surface area (Å²) in [5, 5.41) is 14.2. The topological polar surface area (TPSA) is 75.5 Å². The number of halogens is 2. The highest BCUT2D eigenvalue weighted by molar-refractivity contribution is 9.11. The van der Waals surface area contributed by atoms with Gasteiger partial charge in [-0.25, -0.2) is 0 Å². The number of carbonyl (C=O) groups is 1. The molecule has 0 aliphatic carbocycles.